The highest BCUT2D eigenvalue weighted by atomic mass is 16.6. The number of aryl methyl sites for hydroxylation is 2. The summed E-state index contributed by atoms with van der Waals surface area (Å²) in [4.78, 5) is 11.1. The van der Waals surface area contributed by atoms with Crippen molar-refractivity contribution in [3.63, 3.8) is 0 Å². The Kier molecular flexibility index (Phi) is 5.20. The number of nitrogens with one attached hydrogen (secondary N) is 1. The molecule has 0 radical (unpaired) electrons. The van der Waals surface area contributed by atoms with Gasteiger partial charge < -0.3 is 5.32 Å². The van der Waals surface area contributed by atoms with Crippen molar-refractivity contribution in [2.75, 3.05) is 5.32 Å². The molecule has 6 nitrogen and oxygen atoms in total. The van der Waals surface area contributed by atoms with Crippen LogP contribution in [0.1, 0.15) is 58.1 Å². The van der Waals surface area contributed by atoms with E-state index < -0.39 is 0 Å². The van der Waals surface area contributed by atoms with E-state index in [0.717, 1.165) is 19.3 Å². The maximum absolute atomic E-state index is 11.4. The van der Waals surface area contributed by atoms with E-state index in [1.165, 1.54) is 19.3 Å². The van der Waals surface area contributed by atoms with Crippen molar-refractivity contribution < 1.29 is 4.92 Å². The van der Waals surface area contributed by atoms with Gasteiger partial charge in [-0.15, -0.1) is 0 Å². The van der Waals surface area contributed by atoms with E-state index in [4.69, 9.17) is 0 Å². The Hall–Kier alpha value is -1.59. The second-order valence-corrected chi connectivity index (χ2v) is 5.98. The van der Waals surface area contributed by atoms with Crippen LogP contribution < -0.4 is 5.32 Å². The summed E-state index contributed by atoms with van der Waals surface area (Å²) in [5, 5.41) is 19.2. The van der Waals surface area contributed by atoms with E-state index in [2.05, 4.69) is 17.3 Å². The predicted octanol–water partition coefficient (Wildman–Crippen LogP) is 3.66. The van der Waals surface area contributed by atoms with E-state index in [-0.39, 0.29) is 10.6 Å². The Morgan fingerprint density at radius 1 is 1.38 bits per heavy atom. The molecule has 1 fully saturated rings. The highest BCUT2D eigenvalue weighted by molar-refractivity contribution is 5.60. The summed E-state index contributed by atoms with van der Waals surface area (Å²) >= 11 is 0. The molecule has 1 aliphatic carbocycles. The van der Waals surface area contributed by atoms with Gasteiger partial charge in [0.15, 0.2) is 0 Å². The van der Waals surface area contributed by atoms with Gasteiger partial charge in [0.2, 0.25) is 5.82 Å². The molecule has 21 heavy (non-hydrogen) atoms. The lowest BCUT2D eigenvalue weighted by Gasteiger charge is -2.31. The minimum Gasteiger partial charge on any atom is -0.362 e. The first-order valence-corrected chi connectivity index (χ1v) is 8.05. The van der Waals surface area contributed by atoms with Gasteiger partial charge in [0.05, 0.1) is 4.92 Å². The summed E-state index contributed by atoms with van der Waals surface area (Å²) in [7, 11) is 1.79. The van der Waals surface area contributed by atoms with Crippen molar-refractivity contribution in [1.29, 1.82) is 0 Å². The average molecular weight is 294 g/mol. The fourth-order valence-corrected chi connectivity index (χ4v) is 3.39. The first-order chi connectivity index (χ1) is 10.1. The zero-order valence-electron chi connectivity index (χ0n) is 13.3. The van der Waals surface area contributed by atoms with Gasteiger partial charge in [0.1, 0.15) is 5.69 Å². The molecule has 0 aromatic carbocycles. The van der Waals surface area contributed by atoms with Gasteiger partial charge in [-0.3, -0.25) is 10.1 Å². The molecule has 0 spiro atoms. The summed E-state index contributed by atoms with van der Waals surface area (Å²) in [5.74, 6) is 1.18. The topological polar surface area (TPSA) is 73.0 Å². The molecule has 1 N–H and O–H groups in total. The van der Waals surface area contributed by atoms with E-state index in [1.54, 1.807) is 11.7 Å². The lowest BCUT2D eigenvalue weighted by atomic mass is 9.83. The molecule has 1 aliphatic rings. The van der Waals surface area contributed by atoms with Crippen molar-refractivity contribution >= 4 is 11.5 Å². The van der Waals surface area contributed by atoms with Crippen molar-refractivity contribution in [2.45, 2.75) is 64.8 Å². The number of aromatic nitrogens is 2. The quantitative estimate of drug-likeness (QED) is 0.642. The molecule has 2 unspecified atom stereocenters. The molecule has 0 amide bonds. The van der Waals surface area contributed by atoms with Crippen molar-refractivity contribution in [3.05, 3.63) is 15.8 Å². The molecule has 2 rings (SSSR count). The van der Waals surface area contributed by atoms with Crippen LogP contribution in [0.5, 0.6) is 0 Å². The van der Waals surface area contributed by atoms with Crippen molar-refractivity contribution in [2.24, 2.45) is 13.0 Å². The van der Waals surface area contributed by atoms with Crippen LogP contribution in [0.25, 0.3) is 0 Å². The van der Waals surface area contributed by atoms with Crippen LogP contribution in [0.3, 0.4) is 0 Å². The highest BCUT2D eigenvalue weighted by Crippen LogP contribution is 2.34. The maximum atomic E-state index is 11.4. The normalized spacial score (nSPS) is 22.2. The second-order valence-electron chi connectivity index (χ2n) is 5.98. The van der Waals surface area contributed by atoms with Crippen LogP contribution in [0.2, 0.25) is 0 Å². The average Bonchev–Trinajstić information content (AvgIpc) is 2.76. The van der Waals surface area contributed by atoms with Gasteiger partial charge in [0, 0.05) is 13.1 Å². The number of nitro groups is 1. The Morgan fingerprint density at radius 3 is 2.71 bits per heavy atom. The fourth-order valence-electron chi connectivity index (χ4n) is 3.39. The smallest absolute Gasteiger partial charge is 0.333 e. The molecule has 1 saturated carbocycles. The summed E-state index contributed by atoms with van der Waals surface area (Å²) in [6.45, 7) is 4.21. The summed E-state index contributed by atoms with van der Waals surface area (Å²) in [6.07, 6.45) is 7.38. The van der Waals surface area contributed by atoms with Gasteiger partial charge in [-0.05, 0) is 25.2 Å². The molecule has 0 aliphatic heterocycles. The van der Waals surface area contributed by atoms with Gasteiger partial charge in [0.25, 0.3) is 0 Å². The van der Waals surface area contributed by atoms with E-state index in [0.29, 0.717) is 29.9 Å². The van der Waals surface area contributed by atoms with Crippen molar-refractivity contribution in [3.8, 4) is 0 Å². The first kappa shape index (κ1) is 15.8. The molecule has 118 valence electrons. The standard InChI is InChI=1S/C15H26N4O2/c1-4-8-13-14(19(20)21)15(18(3)17-13)16-12-10-7-6-9-11(12)5-2/h11-12,16H,4-10H2,1-3H3. The van der Waals surface area contributed by atoms with Crippen LogP contribution >= 0.6 is 0 Å². The minimum atomic E-state index is -0.288. The van der Waals surface area contributed by atoms with E-state index in [9.17, 15) is 10.1 Å². The Bertz CT molecular complexity index is 498. The van der Waals surface area contributed by atoms with Gasteiger partial charge in [-0.2, -0.15) is 5.10 Å². The van der Waals surface area contributed by atoms with Crippen LogP contribution in [0.15, 0.2) is 0 Å². The Morgan fingerprint density at radius 2 is 2.10 bits per heavy atom. The molecule has 1 aromatic heterocycles. The molecule has 6 heteroatoms. The van der Waals surface area contributed by atoms with Gasteiger partial charge >= 0.3 is 5.69 Å². The summed E-state index contributed by atoms with van der Waals surface area (Å²) in [5.41, 5.74) is 0.760. The first-order valence-electron chi connectivity index (χ1n) is 8.05. The largest absolute Gasteiger partial charge is 0.362 e. The molecule has 1 heterocycles. The number of hydrogen-bond acceptors (Lipinski definition) is 4. The Labute approximate surface area is 126 Å². The van der Waals surface area contributed by atoms with Crippen LogP contribution in [-0.4, -0.2) is 20.7 Å². The van der Waals surface area contributed by atoms with E-state index >= 15 is 0 Å². The Balaban J connectivity index is 2.27. The SMILES string of the molecule is CCCc1nn(C)c(NC2CCCCC2CC)c1[N+](=O)[O-]. The number of hydrogen-bond donors (Lipinski definition) is 1. The predicted molar refractivity (Wildman–Crippen MR) is 83.5 cm³/mol. The number of nitrogens with zero attached hydrogens (tertiary/aromatic N) is 3. The maximum Gasteiger partial charge on any atom is 0.333 e. The molecular weight excluding hydrogens is 268 g/mol. The fraction of sp³-hybridized carbons (Fsp3) is 0.800. The second kappa shape index (κ2) is 6.91. The van der Waals surface area contributed by atoms with Crippen molar-refractivity contribution in [1.82, 2.24) is 9.78 Å². The zero-order valence-corrected chi connectivity index (χ0v) is 13.3. The third kappa shape index (κ3) is 3.36. The van der Waals surface area contributed by atoms with Crippen LogP contribution in [0.4, 0.5) is 11.5 Å². The molecule has 1 aromatic rings. The van der Waals surface area contributed by atoms with Crippen LogP contribution in [-0.2, 0) is 13.5 Å². The molecule has 2 atom stereocenters. The lowest BCUT2D eigenvalue weighted by molar-refractivity contribution is -0.384. The highest BCUT2D eigenvalue weighted by Gasteiger charge is 2.30. The molecule has 0 saturated heterocycles. The number of rotatable bonds is 6. The van der Waals surface area contributed by atoms with Gasteiger partial charge in [-0.25, -0.2) is 4.68 Å². The minimum absolute atomic E-state index is 0.166. The van der Waals surface area contributed by atoms with Gasteiger partial charge in [-0.1, -0.05) is 39.5 Å². The zero-order chi connectivity index (χ0) is 15.4. The molecule has 0 bridgehead atoms. The van der Waals surface area contributed by atoms with Crippen LogP contribution in [0, 0.1) is 16.0 Å². The van der Waals surface area contributed by atoms with E-state index in [1.807, 2.05) is 6.92 Å². The monoisotopic (exact) mass is 294 g/mol. The summed E-state index contributed by atoms with van der Waals surface area (Å²) < 4.78 is 1.64. The molecular formula is C15H26N4O2. The lowest BCUT2D eigenvalue weighted by Crippen LogP contribution is -2.32. The third-order valence-corrected chi connectivity index (χ3v) is 4.52. The number of anilines is 1. The summed E-state index contributed by atoms with van der Waals surface area (Å²) in [6, 6.07) is 0.326. The third-order valence-electron chi connectivity index (χ3n) is 4.52.